The lowest BCUT2D eigenvalue weighted by molar-refractivity contribution is -0.126. The number of ether oxygens (including phenoxy) is 1. The molecule has 0 saturated carbocycles. The second-order valence-corrected chi connectivity index (χ2v) is 8.24. The molecule has 2 aliphatic rings. The molecule has 2 saturated heterocycles. The number of aryl methyl sites for hydroxylation is 2. The van der Waals surface area contributed by atoms with Gasteiger partial charge >= 0.3 is 0 Å². The van der Waals surface area contributed by atoms with E-state index >= 15 is 0 Å². The number of methoxy groups -OCH3 is 1. The first kappa shape index (κ1) is 20.3. The van der Waals surface area contributed by atoms with Crippen LogP contribution >= 0.6 is 0 Å². The molecule has 5 rings (SSSR count). The molecule has 3 aromatic carbocycles. The van der Waals surface area contributed by atoms with Gasteiger partial charge in [0.15, 0.2) is 6.10 Å². The van der Waals surface area contributed by atoms with E-state index in [1.807, 2.05) is 86.6 Å². The Hall–Kier alpha value is -3.64. The minimum Gasteiger partial charge on any atom is -0.497 e. The van der Waals surface area contributed by atoms with Crippen LogP contribution < -0.4 is 14.7 Å². The number of hydroxylamine groups is 1. The maximum absolute atomic E-state index is 13.7. The summed E-state index contributed by atoms with van der Waals surface area (Å²) in [5.74, 6) is -0.575. The lowest BCUT2D eigenvalue weighted by Crippen LogP contribution is -2.37. The van der Waals surface area contributed by atoms with Crippen LogP contribution in [0.5, 0.6) is 5.75 Å². The molecule has 6 heteroatoms. The Bertz CT molecular complexity index is 1190. The maximum Gasteiger partial charge on any atom is 0.266 e. The van der Waals surface area contributed by atoms with Crippen LogP contribution in [0.1, 0.15) is 22.7 Å². The zero-order valence-electron chi connectivity index (χ0n) is 18.2. The molecule has 0 unspecified atom stereocenters. The predicted octanol–water partition coefficient (Wildman–Crippen LogP) is 4.36. The first-order valence-electron chi connectivity index (χ1n) is 10.6. The van der Waals surface area contributed by atoms with Crippen LogP contribution in [0.3, 0.4) is 0 Å². The van der Waals surface area contributed by atoms with Gasteiger partial charge in [-0.3, -0.25) is 14.4 Å². The summed E-state index contributed by atoms with van der Waals surface area (Å²) in [5, 5.41) is 1.69. The summed E-state index contributed by atoms with van der Waals surface area (Å²) < 4.78 is 5.41. The van der Waals surface area contributed by atoms with E-state index in [0.717, 1.165) is 22.4 Å². The molecule has 3 atom stereocenters. The summed E-state index contributed by atoms with van der Waals surface area (Å²) >= 11 is 0. The van der Waals surface area contributed by atoms with E-state index in [2.05, 4.69) is 0 Å². The van der Waals surface area contributed by atoms with Gasteiger partial charge in [-0.25, -0.2) is 9.96 Å². The molecule has 0 spiro atoms. The fourth-order valence-electron chi connectivity index (χ4n) is 4.67. The third-order valence-electron chi connectivity index (χ3n) is 6.15. The molecular formula is C26H24N2O4. The molecule has 2 aliphatic heterocycles. The molecule has 6 nitrogen and oxygen atoms in total. The average molecular weight is 428 g/mol. The molecule has 3 aromatic rings. The van der Waals surface area contributed by atoms with Crippen LogP contribution in [0.2, 0.25) is 0 Å². The molecule has 2 heterocycles. The van der Waals surface area contributed by atoms with Crippen LogP contribution in [-0.4, -0.2) is 25.0 Å². The van der Waals surface area contributed by atoms with Gasteiger partial charge in [-0.1, -0.05) is 48.0 Å². The molecule has 0 aliphatic carbocycles. The molecule has 0 bridgehead atoms. The van der Waals surface area contributed by atoms with Gasteiger partial charge < -0.3 is 4.74 Å². The maximum atomic E-state index is 13.7. The summed E-state index contributed by atoms with van der Waals surface area (Å²) in [4.78, 5) is 34.6. The van der Waals surface area contributed by atoms with E-state index in [-0.39, 0.29) is 11.8 Å². The highest BCUT2D eigenvalue weighted by Gasteiger charge is 2.60. The number of imide groups is 1. The van der Waals surface area contributed by atoms with E-state index in [0.29, 0.717) is 11.4 Å². The summed E-state index contributed by atoms with van der Waals surface area (Å²) in [6, 6.07) is 22.4. The largest absolute Gasteiger partial charge is 0.497 e. The van der Waals surface area contributed by atoms with Crippen molar-refractivity contribution in [3.05, 3.63) is 89.5 Å². The van der Waals surface area contributed by atoms with Gasteiger partial charge in [-0.2, -0.15) is 0 Å². The number of carbonyl (C=O) groups excluding carboxylic acids is 2. The highest BCUT2D eigenvalue weighted by molar-refractivity contribution is 6.24. The van der Waals surface area contributed by atoms with Gasteiger partial charge in [0.25, 0.3) is 5.91 Å². The second-order valence-electron chi connectivity index (χ2n) is 8.24. The first-order chi connectivity index (χ1) is 15.5. The second kappa shape index (κ2) is 7.80. The zero-order chi connectivity index (χ0) is 22.4. The van der Waals surface area contributed by atoms with Gasteiger partial charge in [-0.15, -0.1) is 0 Å². The number of para-hydroxylation sites is 1. The summed E-state index contributed by atoms with van der Waals surface area (Å²) in [7, 11) is 1.61. The van der Waals surface area contributed by atoms with Gasteiger partial charge in [0.2, 0.25) is 5.91 Å². The molecule has 162 valence electrons. The zero-order valence-corrected chi connectivity index (χ0v) is 18.2. The number of benzene rings is 3. The van der Waals surface area contributed by atoms with Crippen LogP contribution in [-0.2, 0) is 14.4 Å². The third kappa shape index (κ3) is 3.15. The first-order valence-corrected chi connectivity index (χ1v) is 10.6. The minimum atomic E-state index is -0.889. The standard InChI is InChI=1S/C26H24N2O4/c1-16-12-13-21(17(2)14-16)27-25(29)22-23(18-8-7-11-20(15-18)31-3)28(32-24(22)26(27)30)19-9-5-4-6-10-19/h4-15,22-24H,1-3H3/t22-,23-,24-/m0/s1. The van der Waals surface area contributed by atoms with E-state index in [1.165, 1.54) is 4.90 Å². The Balaban J connectivity index is 1.60. The summed E-state index contributed by atoms with van der Waals surface area (Å²) in [5.41, 5.74) is 4.20. The number of amides is 2. The Morgan fingerprint density at radius 1 is 0.875 bits per heavy atom. The topological polar surface area (TPSA) is 59.1 Å². The minimum absolute atomic E-state index is 0.252. The monoisotopic (exact) mass is 428 g/mol. The van der Waals surface area contributed by atoms with Crippen molar-refractivity contribution in [2.45, 2.75) is 26.0 Å². The van der Waals surface area contributed by atoms with Crippen LogP contribution in [0, 0.1) is 19.8 Å². The predicted molar refractivity (Wildman–Crippen MR) is 121 cm³/mol. The number of hydrogen-bond donors (Lipinski definition) is 0. The van der Waals surface area contributed by atoms with Crippen molar-refractivity contribution in [2.24, 2.45) is 5.92 Å². The van der Waals surface area contributed by atoms with E-state index in [1.54, 1.807) is 12.2 Å². The highest BCUT2D eigenvalue weighted by Crippen LogP contribution is 2.48. The fraction of sp³-hybridized carbons (Fsp3) is 0.231. The number of rotatable bonds is 4. The fourth-order valence-corrected chi connectivity index (χ4v) is 4.67. The molecular weight excluding hydrogens is 404 g/mol. The van der Waals surface area contributed by atoms with Crippen LogP contribution in [0.25, 0.3) is 0 Å². The number of anilines is 2. The van der Waals surface area contributed by atoms with Crippen molar-refractivity contribution in [3.8, 4) is 5.75 Å². The Labute approximate surface area is 186 Å². The van der Waals surface area contributed by atoms with Crippen molar-refractivity contribution in [3.63, 3.8) is 0 Å². The Kier molecular flexibility index (Phi) is 4.94. The highest BCUT2D eigenvalue weighted by atomic mass is 16.7. The molecule has 0 N–H and O–H groups in total. The number of carbonyl (C=O) groups is 2. The van der Waals surface area contributed by atoms with Crippen LogP contribution in [0.4, 0.5) is 11.4 Å². The van der Waals surface area contributed by atoms with E-state index in [4.69, 9.17) is 9.57 Å². The van der Waals surface area contributed by atoms with Crippen molar-refractivity contribution in [1.29, 1.82) is 0 Å². The molecule has 2 amide bonds. The molecule has 2 fully saturated rings. The summed E-state index contributed by atoms with van der Waals surface area (Å²) in [6.45, 7) is 3.90. The van der Waals surface area contributed by atoms with Crippen LogP contribution in [0.15, 0.2) is 72.8 Å². The number of fused-ring (bicyclic) bond motifs is 1. The summed E-state index contributed by atoms with van der Waals surface area (Å²) in [6.07, 6.45) is -0.889. The van der Waals surface area contributed by atoms with Crippen molar-refractivity contribution in [2.75, 3.05) is 17.1 Å². The van der Waals surface area contributed by atoms with Crippen molar-refractivity contribution < 1.29 is 19.2 Å². The van der Waals surface area contributed by atoms with Gasteiger partial charge in [0, 0.05) is 0 Å². The third-order valence-corrected chi connectivity index (χ3v) is 6.15. The molecule has 0 aromatic heterocycles. The lowest BCUT2D eigenvalue weighted by atomic mass is 9.90. The Morgan fingerprint density at radius 2 is 1.66 bits per heavy atom. The smallest absolute Gasteiger partial charge is 0.266 e. The quantitative estimate of drug-likeness (QED) is 0.578. The SMILES string of the molecule is COc1cccc([C@H]2[C@@H]3C(=O)N(c4ccc(C)cc4C)C(=O)[C@H]3ON2c2ccccc2)c1. The molecule has 0 radical (unpaired) electrons. The van der Waals surface area contributed by atoms with E-state index in [9.17, 15) is 9.59 Å². The van der Waals surface area contributed by atoms with Gasteiger partial charge in [-0.05, 0) is 55.3 Å². The number of hydrogen-bond acceptors (Lipinski definition) is 5. The van der Waals surface area contributed by atoms with Gasteiger partial charge in [0.05, 0.1) is 24.5 Å². The number of nitrogens with zero attached hydrogens (tertiary/aromatic N) is 2. The average Bonchev–Trinajstić information content (AvgIpc) is 3.31. The lowest BCUT2D eigenvalue weighted by Gasteiger charge is -2.29. The van der Waals surface area contributed by atoms with Gasteiger partial charge in [0.1, 0.15) is 11.7 Å². The molecule has 32 heavy (non-hydrogen) atoms. The van der Waals surface area contributed by atoms with Crippen molar-refractivity contribution >= 4 is 23.2 Å². The van der Waals surface area contributed by atoms with E-state index < -0.39 is 18.1 Å². The van der Waals surface area contributed by atoms with Crippen molar-refractivity contribution in [1.82, 2.24) is 0 Å². The normalized spacial score (nSPS) is 22.4. The Morgan fingerprint density at radius 3 is 2.38 bits per heavy atom.